The average molecular weight is 381 g/mol. The summed E-state index contributed by atoms with van der Waals surface area (Å²) in [5.41, 5.74) is 3.48. The number of nitrogens with one attached hydrogen (secondary N) is 1. The summed E-state index contributed by atoms with van der Waals surface area (Å²) in [6, 6.07) is 9.66. The fourth-order valence-corrected chi connectivity index (χ4v) is 2.51. The molecule has 146 valence electrons. The molecular weight excluding hydrogens is 359 g/mol. The molecular formula is C19H22F3N3O2. The van der Waals surface area contributed by atoms with Crippen molar-refractivity contribution in [3.63, 3.8) is 0 Å². The maximum Gasteiger partial charge on any atom is 0.411 e. The van der Waals surface area contributed by atoms with Gasteiger partial charge in [-0.1, -0.05) is 18.2 Å². The van der Waals surface area contributed by atoms with Gasteiger partial charge < -0.3 is 10.1 Å². The van der Waals surface area contributed by atoms with E-state index >= 15 is 0 Å². The summed E-state index contributed by atoms with van der Waals surface area (Å²) in [6.45, 7) is 2.68. The van der Waals surface area contributed by atoms with E-state index in [4.69, 9.17) is 0 Å². The highest BCUT2D eigenvalue weighted by Gasteiger charge is 2.27. The molecule has 8 heteroatoms. The first kappa shape index (κ1) is 20.7. The summed E-state index contributed by atoms with van der Waals surface area (Å²) in [7, 11) is 0. The number of carbonyl (C=O) groups excluding carboxylic acids is 1. The number of para-hydroxylation sites is 1. The van der Waals surface area contributed by atoms with Crippen molar-refractivity contribution >= 4 is 12.0 Å². The van der Waals surface area contributed by atoms with E-state index in [1.165, 1.54) is 6.08 Å². The van der Waals surface area contributed by atoms with Crippen molar-refractivity contribution in [1.29, 1.82) is 0 Å². The van der Waals surface area contributed by atoms with Crippen molar-refractivity contribution in [3.05, 3.63) is 53.4 Å². The maximum atomic E-state index is 11.9. The highest BCUT2D eigenvalue weighted by Crippen LogP contribution is 2.19. The van der Waals surface area contributed by atoms with Crippen molar-refractivity contribution in [3.8, 4) is 5.69 Å². The Morgan fingerprint density at radius 3 is 2.63 bits per heavy atom. The van der Waals surface area contributed by atoms with Gasteiger partial charge in [0.15, 0.2) is 0 Å². The van der Waals surface area contributed by atoms with Gasteiger partial charge in [-0.3, -0.25) is 4.79 Å². The Bertz CT molecular complexity index is 783. The molecule has 0 aliphatic carbocycles. The summed E-state index contributed by atoms with van der Waals surface area (Å²) >= 11 is 0. The van der Waals surface area contributed by atoms with Crippen molar-refractivity contribution in [1.82, 2.24) is 15.1 Å². The summed E-state index contributed by atoms with van der Waals surface area (Å²) in [4.78, 5) is 11.9. The Labute approximate surface area is 155 Å². The van der Waals surface area contributed by atoms with Gasteiger partial charge in [0.05, 0.1) is 11.4 Å². The quantitative estimate of drug-likeness (QED) is 0.562. The number of hydrogen-bond donors (Lipinski definition) is 1. The highest BCUT2D eigenvalue weighted by atomic mass is 19.4. The van der Waals surface area contributed by atoms with E-state index in [1.807, 2.05) is 48.9 Å². The Hall–Kier alpha value is -2.61. The average Bonchev–Trinajstić information content (AvgIpc) is 2.90. The lowest BCUT2D eigenvalue weighted by Crippen LogP contribution is -2.24. The fraction of sp³-hybridized carbons (Fsp3) is 0.368. The minimum absolute atomic E-state index is 0.0639. The molecule has 2 aromatic rings. The number of aromatic nitrogens is 2. The van der Waals surface area contributed by atoms with Crippen LogP contribution < -0.4 is 5.32 Å². The van der Waals surface area contributed by atoms with Gasteiger partial charge in [0.1, 0.15) is 6.61 Å². The van der Waals surface area contributed by atoms with Crippen LogP contribution in [0.2, 0.25) is 0 Å². The highest BCUT2D eigenvalue weighted by molar-refractivity contribution is 5.92. The van der Waals surface area contributed by atoms with E-state index in [9.17, 15) is 18.0 Å². The van der Waals surface area contributed by atoms with Crippen LogP contribution in [0, 0.1) is 13.8 Å². The molecule has 2 rings (SSSR count). The number of hydrogen-bond acceptors (Lipinski definition) is 3. The molecule has 1 aromatic heterocycles. The van der Waals surface area contributed by atoms with E-state index in [1.54, 1.807) is 6.08 Å². The molecule has 0 atom stereocenters. The third-order valence-electron chi connectivity index (χ3n) is 3.78. The molecule has 0 unspecified atom stereocenters. The lowest BCUT2D eigenvalue weighted by molar-refractivity contribution is -0.174. The standard InChI is InChI=1S/C19H22F3N3O2/c1-14-17(15(2)25(24-14)16-7-4-3-5-8-16)9-10-18(26)23-11-6-12-27-13-19(20,21)22/h3-5,7-10H,6,11-13H2,1-2H3,(H,23,26)/b10-9+. The van der Waals surface area contributed by atoms with Gasteiger partial charge in [-0.25, -0.2) is 4.68 Å². The molecule has 0 saturated carbocycles. The summed E-state index contributed by atoms with van der Waals surface area (Å²) in [6.07, 6.45) is -0.943. The van der Waals surface area contributed by atoms with Crippen LogP contribution in [0.4, 0.5) is 13.2 Å². The molecule has 0 aliphatic heterocycles. The van der Waals surface area contributed by atoms with Crippen LogP contribution in [-0.2, 0) is 9.53 Å². The van der Waals surface area contributed by atoms with Crippen LogP contribution >= 0.6 is 0 Å². The number of nitrogens with zero attached hydrogens (tertiary/aromatic N) is 2. The fourth-order valence-electron chi connectivity index (χ4n) is 2.51. The van der Waals surface area contributed by atoms with Crippen molar-refractivity contribution in [2.75, 3.05) is 19.8 Å². The molecule has 1 N–H and O–H groups in total. The molecule has 0 saturated heterocycles. The number of rotatable bonds is 8. The zero-order chi connectivity index (χ0) is 19.9. The Morgan fingerprint density at radius 2 is 1.96 bits per heavy atom. The van der Waals surface area contributed by atoms with Crippen molar-refractivity contribution < 1.29 is 22.7 Å². The van der Waals surface area contributed by atoms with Crippen LogP contribution in [0.25, 0.3) is 11.8 Å². The lowest BCUT2D eigenvalue weighted by Gasteiger charge is -2.07. The first-order chi connectivity index (χ1) is 12.8. The van der Waals surface area contributed by atoms with Crippen LogP contribution in [-0.4, -0.2) is 41.6 Å². The van der Waals surface area contributed by atoms with Gasteiger partial charge >= 0.3 is 6.18 Å². The SMILES string of the molecule is Cc1nn(-c2ccccc2)c(C)c1/C=C/C(=O)NCCCOCC(F)(F)F. The minimum Gasteiger partial charge on any atom is -0.372 e. The van der Waals surface area contributed by atoms with E-state index in [0.29, 0.717) is 6.42 Å². The minimum atomic E-state index is -4.33. The van der Waals surface area contributed by atoms with Crippen molar-refractivity contribution in [2.45, 2.75) is 26.4 Å². The van der Waals surface area contributed by atoms with E-state index in [2.05, 4.69) is 15.2 Å². The van der Waals surface area contributed by atoms with Crippen LogP contribution in [0.3, 0.4) is 0 Å². The number of alkyl halides is 3. The molecule has 1 aromatic carbocycles. The second-order valence-electron chi connectivity index (χ2n) is 5.98. The largest absolute Gasteiger partial charge is 0.411 e. The van der Waals surface area contributed by atoms with Gasteiger partial charge in [0.25, 0.3) is 0 Å². The first-order valence-electron chi connectivity index (χ1n) is 8.50. The third-order valence-corrected chi connectivity index (χ3v) is 3.78. The molecule has 0 spiro atoms. The predicted octanol–water partition coefficient (Wildman–Crippen LogP) is 3.59. The smallest absolute Gasteiger partial charge is 0.372 e. The maximum absolute atomic E-state index is 11.9. The van der Waals surface area contributed by atoms with Gasteiger partial charge in [0.2, 0.25) is 5.91 Å². The van der Waals surface area contributed by atoms with Crippen LogP contribution in [0.15, 0.2) is 36.4 Å². The van der Waals surface area contributed by atoms with E-state index in [0.717, 1.165) is 22.6 Å². The number of ether oxygens (including phenoxy) is 1. The van der Waals surface area contributed by atoms with Gasteiger partial charge in [-0.2, -0.15) is 18.3 Å². The Kier molecular flexibility index (Phi) is 7.18. The second-order valence-corrected chi connectivity index (χ2v) is 5.98. The summed E-state index contributed by atoms with van der Waals surface area (Å²) < 4.78 is 42.0. The molecule has 1 amide bonds. The molecule has 5 nitrogen and oxygen atoms in total. The zero-order valence-corrected chi connectivity index (χ0v) is 15.2. The number of benzene rings is 1. The van der Waals surface area contributed by atoms with E-state index in [-0.39, 0.29) is 19.1 Å². The molecule has 27 heavy (non-hydrogen) atoms. The number of halogens is 3. The third kappa shape index (κ3) is 6.56. The topological polar surface area (TPSA) is 56.2 Å². The van der Waals surface area contributed by atoms with Crippen LogP contribution in [0.1, 0.15) is 23.4 Å². The molecule has 0 radical (unpaired) electrons. The Morgan fingerprint density at radius 1 is 1.26 bits per heavy atom. The first-order valence-corrected chi connectivity index (χ1v) is 8.50. The zero-order valence-electron chi connectivity index (χ0n) is 15.2. The number of carbonyl (C=O) groups is 1. The molecule has 0 aliphatic rings. The summed E-state index contributed by atoms with van der Waals surface area (Å²) in [5.74, 6) is -0.322. The Balaban J connectivity index is 1.85. The predicted molar refractivity (Wildman–Crippen MR) is 96.6 cm³/mol. The van der Waals surface area contributed by atoms with E-state index < -0.39 is 12.8 Å². The van der Waals surface area contributed by atoms with Crippen molar-refractivity contribution in [2.24, 2.45) is 0 Å². The lowest BCUT2D eigenvalue weighted by atomic mass is 10.2. The second kappa shape index (κ2) is 9.36. The monoisotopic (exact) mass is 381 g/mol. The number of aryl methyl sites for hydroxylation is 1. The summed E-state index contributed by atoms with van der Waals surface area (Å²) in [5, 5.41) is 7.11. The molecule has 0 bridgehead atoms. The van der Waals surface area contributed by atoms with Crippen LogP contribution in [0.5, 0.6) is 0 Å². The molecule has 0 fully saturated rings. The van der Waals surface area contributed by atoms with Gasteiger partial charge in [0, 0.05) is 30.5 Å². The normalized spacial score (nSPS) is 11.9. The molecule has 1 heterocycles. The van der Waals surface area contributed by atoms with Gasteiger partial charge in [-0.15, -0.1) is 0 Å². The van der Waals surface area contributed by atoms with Gasteiger partial charge in [-0.05, 0) is 38.5 Å². The number of amides is 1.